The van der Waals surface area contributed by atoms with Crippen LogP contribution in [0, 0.1) is 17.8 Å². The fraction of sp³-hybridized carbons (Fsp3) is 0.406. The average Bonchev–Trinajstić information content (AvgIpc) is 3.31. The molecule has 0 saturated heterocycles. The zero-order valence-corrected chi connectivity index (χ0v) is 24.4. The highest BCUT2D eigenvalue weighted by atomic mass is 19.4. The monoisotopic (exact) mass is 581 g/mol. The Morgan fingerprint density at radius 3 is 2.55 bits per heavy atom. The molecule has 224 valence electrons. The van der Waals surface area contributed by atoms with Crippen LogP contribution in [0.2, 0.25) is 0 Å². The van der Waals surface area contributed by atoms with Crippen molar-refractivity contribution in [2.45, 2.75) is 44.4 Å². The highest BCUT2D eigenvalue weighted by molar-refractivity contribution is 5.95. The van der Waals surface area contributed by atoms with E-state index in [1.54, 1.807) is 43.4 Å². The van der Waals surface area contributed by atoms with Gasteiger partial charge in [0.25, 0.3) is 5.91 Å². The Kier molecular flexibility index (Phi) is 9.94. The van der Waals surface area contributed by atoms with Crippen LogP contribution in [0.5, 0.6) is 5.75 Å². The Balaban J connectivity index is 1.53. The predicted octanol–water partition coefficient (Wildman–Crippen LogP) is 6.08. The second-order valence-corrected chi connectivity index (χ2v) is 10.7. The number of aromatic nitrogens is 1. The zero-order valence-electron chi connectivity index (χ0n) is 24.4. The summed E-state index contributed by atoms with van der Waals surface area (Å²) in [5.74, 6) is 6.65. The van der Waals surface area contributed by atoms with Gasteiger partial charge in [-0.1, -0.05) is 18.1 Å². The van der Waals surface area contributed by atoms with Crippen LogP contribution in [0.1, 0.15) is 41.7 Å². The van der Waals surface area contributed by atoms with Crippen LogP contribution in [0.3, 0.4) is 0 Å². The molecule has 1 amide bonds. The number of nitrogens with one attached hydrogen (secondary N) is 3. The quantitative estimate of drug-likeness (QED) is 0.267. The molecule has 0 radical (unpaired) electrons. The first-order chi connectivity index (χ1) is 20.1. The van der Waals surface area contributed by atoms with Gasteiger partial charge in [0, 0.05) is 43.8 Å². The Bertz CT molecular complexity index is 1480. The van der Waals surface area contributed by atoms with E-state index in [1.165, 1.54) is 11.7 Å². The predicted molar refractivity (Wildman–Crippen MR) is 162 cm³/mol. The van der Waals surface area contributed by atoms with E-state index in [4.69, 9.17) is 4.74 Å². The lowest BCUT2D eigenvalue weighted by atomic mass is 9.86. The number of hydrogen-bond acceptors (Lipinski definition) is 5. The molecule has 0 atom stereocenters. The van der Waals surface area contributed by atoms with Crippen molar-refractivity contribution >= 4 is 28.2 Å². The summed E-state index contributed by atoms with van der Waals surface area (Å²) in [6.07, 6.45) is 4.07. The van der Waals surface area contributed by atoms with Gasteiger partial charge in [0.15, 0.2) is 0 Å². The van der Waals surface area contributed by atoms with Crippen molar-refractivity contribution < 1.29 is 22.7 Å². The van der Waals surface area contributed by atoms with Gasteiger partial charge in [0.1, 0.15) is 12.3 Å². The maximum absolute atomic E-state index is 13.6. The van der Waals surface area contributed by atoms with E-state index in [0.29, 0.717) is 28.4 Å². The van der Waals surface area contributed by atoms with E-state index in [0.717, 1.165) is 36.8 Å². The lowest BCUT2D eigenvalue weighted by Crippen LogP contribution is -2.25. The van der Waals surface area contributed by atoms with Crippen molar-refractivity contribution in [2.75, 3.05) is 45.4 Å². The number of halogens is 3. The topological polar surface area (TPSA) is 70.6 Å². The number of amides is 1. The van der Waals surface area contributed by atoms with E-state index < -0.39 is 12.7 Å². The molecule has 4 rings (SSSR count). The largest absolute Gasteiger partial charge is 0.495 e. The molecule has 3 N–H and O–H groups in total. The number of methoxy groups -OCH3 is 1. The van der Waals surface area contributed by atoms with Crippen molar-refractivity contribution in [2.24, 2.45) is 5.92 Å². The van der Waals surface area contributed by atoms with Crippen molar-refractivity contribution in [3.8, 4) is 17.6 Å². The zero-order chi connectivity index (χ0) is 30.3. The molecular formula is C32H38F3N5O2. The smallest absolute Gasteiger partial charge is 0.406 e. The third kappa shape index (κ3) is 7.93. The lowest BCUT2D eigenvalue weighted by Gasteiger charge is -2.28. The van der Waals surface area contributed by atoms with Crippen LogP contribution in [0.4, 0.5) is 24.5 Å². The minimum atomic E-state index is -4.40. The van der Waals surface area contributed by atoms with Gasteiger partial charge in [-0.15, -0.1) is 0 Å². The molecule has 1 aromatic heterocycles. The molecule has 1 heterocycles. The molecular weight excluding hydrogens is 543 g/mol. The Morgan fingerprint density at radius 1 is 1.12 bits per heavy atom. The summed E-state index contributed by atoms with van der Waals surface area (Å²) in [6, 6.07) is 12.4. The molecule has 1 aliphatic rings. The van der Waals surface area contributed by atoms with Gasteiger partial charge in [-0.2, -0.15) is 13.2 Å². The van der Waals surface area contributed by atoms with Gasteiger partial charge < -0.3 is 30.2 Å². The first kappa shape index (κ1) is 30.7. The average molecular weight is 582 g/mol. The fourth-order valence-electron chi connectivity index (χ4n) is 5.23. The number of alkyl halides is 3. The molecule has 1 saturated carbocycles. The standard InChI is InChI=1S/C32H38F3N5O2/c1-36-31(41)23-12-15-28(30(19-23)42-4)37-17-6-7-25-20-26-27(8-5-9-29(26)40(25)21-32(33,34)35)38-24-13-10-22(11-14-24)16-18-39(2)3/h5,8-9,12,15-16,18-20,22,24,37-38H,10-11,13-14,17,21H2,1-4H3,(H,36,41)/b18-16+. The number of hydrogen-bond donors (Lipinski definition) is 3. The van der Waals surface area contributed by atoms with Crippen molar-refractivity contribution in [3.05, 3.63) is 66.0 Å². The number of fused-ring (bicyclic) bond motifs is 1. The normalized spacial score (nSPS) is 17.0. The summed E-state index contributed by atoms with van der Waals surface area (Å²) in [6.45, 7) is -0.963. The highest BCUT2D eigenvalue weighted by Gasteiger charge is 2.30. The highest BCUT2D eigenvalue weighted by Crippen LogP contribution is 2.33. The van der Waals surface area contributed by atoms with Gasteiger partial charge in [0.05, 0.1) is 30.6 Å². The summed E-state index contributed by atoms with van der Waals surface area (Å²) in [5, 5.41) is 10.0. The maximum atomic E-state index is 13.6. The Labute approximate surface area is 245 Å². The van der Waals surface area contributed by atoms with Crippen LogP contribution in [-0.4, -0.2) is 62.4 Å². The van der Waals surface area contributed by atoms with Gasteiger partial charge in [-0.3, -0.25) is 4.79 Å². The number of anilines is 2. The summed E-state index contributed by atoms with van der Waals surface area (Å²) in [4.78, 5) is 13.9. The van der Waals surface area contributed by atoms with Gasteiger partial charge >= 0.3 is 6.18 Å². The van der Waals surface area contributed by atoms with E-state index in [9.17, 15) is 18.0 Å². The summed E-state index contributed by atoms with van der Waals surface area (Å²) in [5.41, 5.74) is 2.67. The van der Waals surface area contributed by atoms with E-state index in [1.807, 2.05) is 25.1 Å². The summed E-state index contributed by atoms with van der Waals surface area (Å²) >= 11 is 0. The first-order valence-corrected chi connectivity index (χ1v) is 14.0. The van der Waals surface area contributed by atoms with E-state index >= 15 is 0 Å². The molecule has 0 aliphatic heterocycles. The van der Waals surface area contributed by atoms with Crippen LogP contribution in [0.15, 0.2) is 54.7 Å². The molecule has 0 unspecified atom stereocenters. The second kappa shape index (κ2) is 13.6. The minimum Gasteiger partial charge on any atom is -0.495 e. The van der Waals surface area contributed by atoms with Gasteiger partial charge in [0.2, 0.25) is 0 Å². The summed E-state index contributed by atoms with van der Waals surface area (Å²) < 4.78 is 47.4. The summed E-state index contributed by atoms with van der Waals surface area (Å²) in [7, 11) is 7.06. The molecule has 42 heavy (non-hydrogen) atoms. The second-order valence-electron chi connectivity index (χ2n) is 10.7. The minimum absolute atomic E-state index is 0.167. The molecule has 2 aromatic carbocycles. The number of ether oxygens (including phenoxy) is 1. The number of rotatable bonds is 9. The first-order valence-electron chi connectivity index (χ1n) is 14.0. The Morgan fingerprint density at radius 2 is 1.88 bits per heavy atom. The van der Waals surface area contributed by atoms with E-state index in [-0.39, 0.29) is 24.2 Å². The van der Waals surface area contributed by atoms with Crippen molar-refractivity contribution in [1.29, 1.82) is 0 Å². The number of carbonyl (C=O) groups excluding carboxylic acids is 1. The van der Waals surface area contributed by atoms with Crippen LogP contribution >= 0.6 is 0 Å². The molecule has 0 spiro atoms. The van der Waals surface area contributed by atoms with Crippen molar-refractivity contribution in [3.63, 3.8) is 0 Å². The van der Waals surface area contributed by atoms with Crippen LogP contribution < -0.4 is 20.7 Å². The van der Waals surface area contributed by atoms with Crippen molar-refractivity contribution in [1.82, 2.24) is 14.8 Å². The third-order valence-corrected chi connectivity index (χ3v) is 7.35. The number of carbonyl (C=O) groups is 1. The molecule has 10 heteroatoms. The number of benzene rings is 2. The van der Waals surface area contributed by atoms with E-state index in [2.05, 4.69) is 40.1 Å². The molecule has 3 aromatic rings. The molecule has 0 bridgehead atoms. The van der Waals surface area contributed by atoms with Crippen LogP contribution in [0.25, 0.3) is 10.9 Å². The third-order valence-electron chi connectivity index (χ3n) is 7.35. The molecule has 1 fully saturated rings. The molecule has 7 nitrogen and oxygen atoms in total. The van der Waals surface area contributed by atoms with Gasteiger partial charge in [-0.05, 0) is 80.1 Å². The van der Waals surface area contributed by atoms with Crippen LogP contribution in [-0.2, 0) is 6.54 Å². The van der Waals surface area contributed by atoms with Gasteiger partial charge in [-0.25, -0.2) is 0 Å². The maximum Gasteiger partial charge on any atom is 0.406 e. The Hall–Kier alpha value is -4.26. The number of allylic oxidation sites excluding steroid dienone is 1. The fourth-order valence-corrected chi connectivity index (χ4v) is 5.23. The lowest BCUT2D eigenvalue weighted by molar-refractivity contribution is -0.140. The number of nitrogens with zero attached hydrogens (tertiary/aromatic N) is 2. The molecule has 1 aliphatic carbocycles. The SMILES string of the molecule is CNC(=O)c1ccc(NCC#Cc2cc3c(NC4CCC(/C=C/N(C)C)CC4)cccc3n2CC(F)(F)F)c(OC)c1.